The van der Waals surface area contributed by atoms with E-state index in [0.29, 0.717) is 5.92 Å². The molecule has 0 fully saturated rings. The first-order chi connectivity index (χ1) is 21.2. The number of allylic oxidation sites excluding steroid dienone is 1. The predicted octanol–water partition coefficient (Wildman–Crippen LogP) is 12.2. The quantitative estimate of drug-likeness (QED) is 0.192. The van der Waals surface area contributed by atoms with E-state index >= 15 is 0 Å². The lowest BCUT2D eigenvalue weighted by Crippen LogP contribution is -2.00. The van der Waals surface area contributed by atoms with Crippen LogP contribution in [0.25, 0.3) is 72.1 Å². The van der Waals surface area contributed by atoms with Crippen molar-refractivity contribution >= 4 is 27.6 Å². The second-order valence-electron chi connectivity index (χ2n) is 11.7. The fourth-order valence-electron chi connectivity index (χ4n) is 6.91. The van der Waals surface area contributed by atoms with Gasteiger partial charge in [0.1, 0.15) is 0 Å². The average Bonchev–Trinajstić information content (AvgIpc) is 3.08. The van der Waals surface area contributed by atoms with Gasteiger partial charge in [-0.3, -0.25) is 0 Å². The Bertz CT molecular complexity index is 2070. The van der Waals surface area contributed by atoms with E-state index in [-0.39, 0.29) is 0 Å². The fraction of sp³-hybridized carbons (Fsp3) is 0.0698. The molecule has 0 amide bonds. The molecule has 204 valence electrons. The molecular weight excluding hydrogens is 516 g/mol. The molecule has 0 aliphatic heterocycles. The number of rotatable bonds is 4. The summed E-state index contributed by atoms with van der Waals surface area (Å²) in [7, 11) is 0. The highest BCUT2D eigenvalue weighted by Gasteiger charge is 2.19. The van der Waals surface area contributed by atoms with Crippen LogP contribution in [0.15, 0.2) is 152 Å². The smallest absolute Gasteiger partial charge is 0.00262 e. The van der Waals surface area contributed by atoms with Crippen molar-refractivity contribution in [1.82, 2.24) is 0 Å². The summed E-state index contributed by atoms with van der Waals surface area (Å²) < 4.78 is 0. The van der Waals surface area contributed by atoms with Crippen LogP contribution in [0.1, 0.15) is 30.4 Å². The zero-order valence-electron chi connectivity index (χ0n) is 24.3. The van der Waals surface area contributed by atoms with Gasteiger partial charge in [-0.2, -0.15) is 0 Å². The molecule has 0 nitrogen and oxygen atoms in total. The van der Waals surface area contributed by atoms with Crippen LogP contribution < -0.4 is 0 Å². The van der Waals surface area contributed by atoms with Gasteiger partial charge in [0, 0.05) is 0 Å². The molecule has 0 bridgehead atoms. The van der Waals surface area contributed by atoms with Crippen molar-refractivity contribution in [2.24, 2.45) is 0 Å². The second kappa shape index (κ2) is 10.6. The average molecular weight is 549 g/mol. The van der Waals surface area contributed by atoms with Crippen molar-refractivity contribution in [2.75, 3.05) is 0 Å². The Morgan fingerprint density at radius 2 is 0.837 bits per heavy atom. The van der Waals surface area contributed by atoms with E-state index in [4.69, 9.17) is 0 Å². The molecule has 0 saturated carbocycles. The SMILES string of the molecule is CC1CC=Cc2cc(-c3c4ccccc4c(-c4ccc(-c5ccc(-c6ccccc6)cc5)cc4)c4ccccc34)ccc21. The van der Waals surface area contributed by atoms with E-state index in [2.05, 4.69) is 165 Å². The van der Waals surface area contributed by atoms with Gasteiger partial charge in [-0.25, -0.2) is 0 Å². The lowest BCUT2D eigenvalue weighted by atomic mass is 9.83. The van der Waals surface area contributed by atoms with E-state index in [1.54, 1.807) is 0 Å². The zero-order chi connectivity index (χ0) is 28.8. The van der Waals surface area contributed by atoms with Crippen molar-refractivity contribution in [3.63, 3.8) is 0 Å². The Morgan fingerprint density at radius 3 is 1.37 bits per heavy atom. The van der Waals surface area contributed by atoms with Crippen molar-refractivity contribution in [3.05, 3.63) is 163 Å². The number of hydrogen-bond donors (Lipinski definition) is 0. The van der Waals surface area contributed by atoms with Gasteiger partial charge in [0.25, 0.3) is 0 Å². The van der Waals surface area contributed by atoms with Gasteiger partial charge in [-0.1, -0.05) is 159 Å². The third-order valence-corrected chi connectivity index (χ3v) is 9.12. The molecule has 1 aliphatic rings. The molecule has 0 heteroatoms. The Morgan fingerprint density at radius 1 is 0.419 bits per heavy atom. The lowest BCUT2D eigenvalue weighted by Gasteiger charge is -2.21. The Kier molecular flexibility index (Phi) is 6.27. The lowest BCUT2D eigenvalue weighted by molar-refractivity contribution is 0.772. The van der Waals surface area contributed by atoms with Crippen LogP contribution in [0.3, 0.4) is 0 Å². The van der Waals surface area contributed by atoms with Gasteiger partial charge in [0.15, 0.2) is 0 Å². The van der Waals surface area contributed by atoms with E-state index in [9.17, 15) is 0 Å². The van der Waals surface area contributed by atoms with Crippen LogP contribution in [-0.4, -0.2) is 0 Å². The van der Waals surface area contributed by atoms with Gasteiger partial charge in [0.2, 0.25) is 0 Å². The van der Waals surface area contributed by atoms with Crippen LogP contribution in [0, 0.1) is 0 Å². The van der Waals surface area contributed by atoms with Crippen LogP contribution in [0.2, 0.25) is 0 Å². The number of hydrogen-bond acceptors (Lipinski definition) is 0. The van der Waals surface area contributed by atoms with Gasteiger partial charge in [0.05, 0.1) is 0 Å². The Hall–Kier alpha value is -5.20. The highest BCUT2D eigenvalue weighted by atomic mass is 14.2. The summed E-state index contributed by atoms with van der Waals surface area (Å²) in [6.07, 6.45) is 5.73. The summed E-state index contributed by atoms with van der Waals surface area (Å²) in [5, 5.41) is 5.17. The minimum absolute atomic E-state index is 0.565. The molecular formula is C43H32. The first-order valence-corrected chi connectivity index (χ1v) is 15.3. The molecule has 1 unspecified atom stereocenters. The molecule has 1 atom stereocenters. The normalized spacial score (nSPS) is 14.2. The van der Waals surface area contributed by atoms with Gasteiger partial charge in [-0.15, -0.1) is 0 Å². The van der Waals surface area contributed by atoms with Crippen LogP contribution in [0.5, 0.6) is 0 Å². The topological polar surface area (TPSA) is 0 Å². The molecule has 0 N–H and O–H groups in total. The molecule has 0 radical (unpaired) electrons. The molecule has 0 heterocycles. The summed E-state index contributed by atoms with van der Waals surface area (Å²) in [6, 6.07) is 53.5. The first kappa shape index (κ1) is 25.5. The minimum atomic E-state index is 0.565. The summed E-state index contributed by atoms with van der Waals surface area (Å²) >= 11 is 0. The highest BCUT2D eigenvalue weighted by molar-refractivity contribution is 6.21. The minimum Gasteiger partial charge on any atom is -0.0833 e. The molecule has 0 saturated heterocycles. The molecule has 43 heavy (non-hydrogen) atoms. The Balaban J connectivity index is 1.25. The standard InChI is InChI=1S/C43H32/c1-29-10-9-13-35-28-36(26-27-37(29)35)43-40-16-7-5-14-38(40)42(39-15-6-8-17-41(39)43)34-24-22-33(23-25-34)32-20-18-31(19-21-32)30-11-3-2-4-12-30/h2-9,11-29H,10H2,1H3. The van der Waals surface area contributed by atoms with Crippen LogP contribution in [0.4, 0.5) is 0 Å². The second-order valence-corrected chi connectivity index (χ2v) is 11.7. The van der Waals surface area contributed by atoms with E-state index in [1.807, 2.05) is 0 Å². The molecule has 8 rings (SSSR count). The monoisotopic (exact) mass is 548 g/mol. The third kappa shape index (κ3) is 4.47. The van der Waals surface area contributed by atoms with Crippen molar-refractivity contribution in [3.8, 4) is 44.5 Å². The van der Waals surface area contributed by atoms with E-state index in [0.717, 1.165) is 6.42 Å². The van der Waals surface area contributed by atoms with Gasteiger partial charge in [-0.05, 0) is 95.6 Å². The van der Waals surface area contributed by atoms with Gasteiger partial charge < -0.3 is 0 Å². The van der Waals surface area contributed by atoms with Gasteiger partial charge >= 0.3 is 0 Å². The maximum absolute atomic E-state index is 2.40. The summed E-state index contributed by atoms with van der Waals surface area (Å²) in [6.45, 7) is 2.33. The first-order valence-electron chi connectivity index (χ1n) is 15.3. The molecule has 1 aliphatic carbocycles. The fourth-order valence-corrected chi connectivity index (χ4v) is 6.91. The van der Waals surface area contributed by atoms with E-state index in [1.165, 1.54) is 77.2 Å². The Labute approximate surface area is 253 Å². The molecule has 7 aromatic carbocycles. The largest absolute Gasteiger partial charge is 0.0833 e. The van der Waals surface area contributed by atoms with E-state index < -0.39 is 0 Å². The summed E-state index contributed by atoms with van der Waals surface area (Å²) in [4.78, 5) is 0. The molecule has 0 spiro atoms. The molecule has 0 aromatic heterocycles. The maximum Gasteiger partial charge on any atom is -0.00262 e. The van der Waals surface area contributed by atoms with Crippen molar-refractivity contribution in [2.45, 2.75) is 19.3 Å². The predicted molar refractivity (Wildman–Crippen MR) is 185 cm³/mol. The number of fused-ring (bicyclic) bond motifs is 3. The summed E-state index contributed by atoms with van der Waals surface area (Å²) in [5.41, 5.74) is 12.9. The highest BCUT2D eigenvalue weighted by Crippen LogP contribution is 2.45. The number of benzene rings is 7. The van der Waals surface area contributed by atoms with Crippen LogP contribution >= 0.6 is 0 Å². The van der Waals surface area contributed by atoms with Crippen molar-refractivity contribution in [1.29, 1.82) is 0 Å². The third-order valence-electron chi connectivity index (χ3n) is 9.12. The van der Waals surface area contributed by atoms with Crippen molar-refractivity contribution < 1.29 is 0 Å². The zero-order valence-corrected chi connectivity index (χ0v) is 24.3. The summed E-state index contributed by atoms with van der Waals surface area (Å²) in [5.74, 6) is 0.565. The van der Waals surface area contributed by atoms with Crippen LogP contribution in [-0.2, 0) is 0 Å². The molecule has 7 aromatic rings. The maximum atomic E-state index is 2.40.